The molecule has 0 amide bonds. The molecule has 0 aliphatic carbocycles. The van der Waals surface area contributed by atoms with Gasteiger partial charge in [-0.05, 0) is 6.07 Å². The van der Waals surface area contributed by atoms with E-state index in [4.69, 9.17) is 5.73 Å². The summed E-state index contributed by atoms with van der Waals surface area (Å²) in [6.45, 7) is 0. The van der Waals surface area contributed by atoms with Crippen LogP contribution in [0.4, 0.5) is 10.1 Å². The summed E-state index contributed by atoms with van der Waals surface area (Å²) in [5, 5.41) is 1.15. The van der Waals surface area contributed by atoms with Crippen molar-refractivity contribution < 1.29 is 4.39 Å². The van der Waals surface area contributed by atoms with Gasteiger partial charge >= 0.3 is 0 Å². The van der Waals surface area contributed by atoms with E-state index in [0.29, 0.717) is 22.2 Å². The quantitative estimate of drug-likeness (QED) is 0.703. The monoisotopic (exact) mass is 238 g/mol. The number of hydrogen-bond donors (Lipinski definition) is 1. The Morgan fingerprint density at radius 1 is 0.889 bits per heavy atom. The fourth-order valence-electron chi connectivity index (χ4n) is 2.06. The standard InChI is InChI=1S/C15H11FN2/c16-13-8-4-7-11-12(13)9-18-15(14(11)17)10-5-2-1-3-6-10/h1-9H,17H2. The average molecular weight is 238 g/mol. The van der Waals surface area contributed by atoms with Crippen molar-refractivity contribution in [2.45, 2.75) is 0 Å². The predicted molar refractivity (Wildman–Crippen MR) is 71.5 cm³/mol. The molecule has 18 heavy (non-hydrogen) atoms. The number of aromatic nitrogens is 1. The van der Waals surface area contributed by atoms with Crippen LogP contribution >= 0.6 is 0 Å². The number of nitrogen functional groups attached to an aromatic ring is 1. The van der Waals surface area contributed by atoms with E-state index in [9.17, 15) is 4.39 Å². The van der Waals surface area contributed by atoms with Crippen LogP contribution in [0.1, 0.15) is 0 Å². The van der Waals surface area contributed by atoms with Gasteiger partial charge in [-0.15, -0.1) is 0 Å². The van der Waals surface area contributed by atoms with Crippen LogP contribution < -0.4 is 5.73 Å². The first-order chi connectivity index (χ1) is 8.77. The van der Waals surface area contributed by atoms with Crippen molar-refractivity contribution in [2.24, 2.45) is 0 Å². The molecule has 2 aromatic carbocycles. The molecule has 0 atom stereocenters. The molecule has 0 spiro atoms. The van der Waals surface area contributed by atoms with Crippen LogP contribution in [0.15, 0.2) is 54.7 Å². The van der Waals surface area contributed by atoms with E-state index in [-0.39, 0.29) is 5.82 Å². The molecule has 3 rings (SSSR count). The van der Waals surface area contributed by atoms with Crippen molar-refractivity contribution in [2.75, 3.05) is 5.73 Å². The Balaban J connectivity index is 2.31. The zero-order valence-electron chi connectivity index (χ0n) is 9.60. The Labute approximate surface area is 104 Å². The van der Waals surface area contributed by atoms with E-state index in [1.165, 1.54) is 12.3 Å². The maximum absolute atomic E-state index is 13.6. The Kier molecular flexibility index (Phi) is 2.45. The fourth-order valence-corrected chi connectivity index (χ4v) is 2.06. The Bertz CT molecular complexity index is 708. The molecule has 3 aromatic rings. The number of pyridine rings is 1. The number of rotatable bonds is 1. The summed E-state index contributed by atoms with van der Waals surface area (Å²) in [4.78, 5) is 4.27. The molecule has 88 valence electrons. The second-order valence-corrected chi connectivity index (χ2v) is 4.09. The largest absolute Gasteiger partial charge is 0.396 e. The van der Waals surface area contributed by atoms with E-state index in [1.807, 2.05) is 36.4 Å². The number of hydrogen-bond acceptors (Lipinski definition) is 2. The van der Waals surface area contributed by atoms with E-state index in [1.54, 1.807) is 6.07 Å². The van der Waals surface area contributed by atoms with Crippen molar-refractivity contribution in [3.05, 3.63) is 60.5 Å². The highest BCUT2D eigenvalue weighted by Gasteiger charge is 2.09. The molecule has 2 nitrogen and oxygen atoms in total. The van der Waals surface area contributed by atoms with E-state index < -0.39 is 0 Å². The van der Waals surface area contributed by atoms with E-state index in [0.717, 1.165) is 5.56 Å². The molecule has 0 aliphatic heterocycles. The minimum Gasteiger partial charge on any atom is -0.396 e. The minimum absolute atomic E-state index is 0.300. The molecule has 3 heteroatoms. The van der Waals surface area contributed by atoms with Crippen LogP contribution in [-0.4, -0.2) is 4.98 Å². The second kappa shape index (κ2) is 4.11. The lowest BCUT2D eigenvalue weighted by atomic mass is 10.0. The van der Waals surface area contributed by atoms with Gasteiger partial charge in [-0.3, -0.25) is 4.98 Å². The number of benzene rings is 2. The van der Waals surface area contributed by atoms with Crippen molar-refractivity contribution in [3.63, 3.8) is 0 Å². The zero-order chi connectivity index (χ0) is 12.5. The van der Waals surface area contributed by atoms with Crippen molar-refractivity contribution in [1.82, 2.24) is 4.98 Å². The number of nitrogens with two attached hydrogens (primary N) is 1. The van der Waals surface area contributed by atoms with Gasteiger partial charge in [0.1, 0.15) is 5.82 Å². The summed E-state index contributed by atoms with van der Waals surface area (Å²) in [7, 11) is 0. The number of anilines is 1. The molecule has 0 saturated carbocycles. The van der Waals surface area contributed by atoms with Crippen LogP contribution in [0.2, 0.25) is 0 Å². The molecule has 0 aliphatic rings. The number of fused-ring (bicyclic) bond motifs is 1. The number of halogens is 1. The van der Waals surface area contributed by atoms with Gasteiger partial charge in [-0.1, -0.05) is 42.5 Å². The maximum Gasteiger partial charge on any atom is 0.132 e. The lowest BCUT2D eigenvalue weighted by Gasteiger charge is -2.08. The van der Waals surface area contributed by atoms with Gasteiger partial charge in [-0.25, -0.2) is 4.39 Å². The molecule has 0 bridgehead atoms. The SMILES string of the molecule is Nc1c(-c2ccccc2)ncc2c(F)cccc12. The highest BCUT2D eigenvalue weighted by atomic mass is 19.1. The van der Waals surface area contributed by atoms with Crippen LogP contribution in [0.3, 0.4) is 0 Å². The first-order valence-corrected chi connectivity index (χ1v) is 5.65. The summed E-state index contributed by atoms with van der Waals surface area (Å²) in [5.74, 6) is -0.300. The lowest BCUT2D eigenvalue weighted by Crippen LogP contribution is -1.96. The van der Waals surface area contributed by atoms with Crippen molar-refractivity contribution in [1.29, 1.82) is 0 Å². The smallest absolute Gasteiger partial charge is 0.132 e. The summed E-state index contributed by atoms with van der Waals surface area (Å²) in [6.07, 6.45) is 1.53. The van der Waals surface area contributed by atoms with Crippen LogP contribution in [0.25, 0.3) is 22.0 Å². The lowest BCUT2D eigenvalue weighted by molar-refractivity contribution is 0.639. The fraction of sp³-hybridized carbons (Fsp3) is 0. The van der Waals surface area contributed by atoms with Crippen LogP contribution in [-0.2, 0) is 0 Å². The van der Waals surface area contributed by atoms with Crippen molar-refractivity contribution >= 4 is 16.5 Å². The molecule has 1 heterocycles. The average Bonchev–Trinajstić information content (AvgIpc) is 2.41. The predicted octanol–water partition coefficient (Wildman–Crippen LogP) is 3.62. The minimum atomic E-state index is -0.300. The molecule has 1 aromatic heterocycles. The Hall–Kier alpha value is -2.42. The molecule has 0 radical (unpaired) electrons. The van der Waals surface area contributed by atoms with Crippen LogP contribution in [0.5, 0.6) is 0 Å². The first kappa shape index (κ1) is 10.7. The van der Waals surface area contributed by atoms with E-state index in [2.05, 4.69) is 4.98 Å². The highest BCUT2D eigenvalue weighted by molar-refractivity contribution is 5.98. The third-order valence-corrected chi connectivity index (χ3v) is 2.97. The van der Waals surface area contributed by atoms with E-state index >= 15 is 0 Å². The van der Waals surface area contributed by atoms with Gasteiger partial charge in [0.25, 0.3) is 0 Å². The topological polar surface area (TPSA) is 38.9 Å². The van der Waals surface area contributed by atoms with Gasteiger partial charge in [0.15, 0.2) is 0 Å². The molecule has 0 fully saturated rings. The Morgan fingerprint density at radius 2 is 1.67 bits per heavy atom. The van der Waals surface area contributed by atoms with Crippen molar-refractivity contribution in [3.8, 4) is 11.3 Å². The number of nitrogens with zero attached hydrogens (tertiary/aromatic N) is 1. The zero-order valence-corrected chi connectivity index (χ0v) is 9.60. The molecule has 2 N–H and O–H groups in total. The molecule has 0 saturated heterocycles. The van der Waals surface area contributed by atoms with Gasteiger partial charge < -0.3 is 5.73 Å². The van der Waals surface area contributed by atoms with Crippen LogP contribution in [0, 0.1) is 5.82 Å². The first-order valence-electron chi connectivity index (χ1n) is 5.65. The Morgan fingerprint density at radius 3 is 2.44 bits per heavy atom. The highest BCUT2D eigenvalue weighted by Crippen LogP contribution is 2.30. The molecular weight excluding hydrogens is 227 g/mol. The second-order valence-electron chi connectivity index (χ2n) is 4.09. The maximum atomic E-state index is 13.6. The summed E-state index contributed by atoms with van der Waals surface area (Å²) in [5.41, 5.74) is 8.22. The third-order valence-electron chi connectivity index (χ3n) is 2.97. The normalized spacial score (nSPS) is 10.7. The molecular formula is C15H11FN2. The third kappa shape index (κ3) is 1.61. The summed E-state index contributed by atoms with van der Waals surface area (Å²) in [6, 6.07) is 14.5. The van der Waals surface area contributed by atoms with Gasteiger partial charge in [0, 0.05) is 22.5 Å². The van der Waals surface area contributed by atoms with Gasteiger partial charge in [0.2, 0.25) is 0 Å². The molecule has 0 unspecified atom stereocenters. The summed E-state index contributed by atoms with van der Waals surface area (Å²) < 4.78 is 13.6. The summed E-state index contributed by atoms with van der Waals surface area (Å²) >= 11 is 0. The van der Waals surface area contributed by atoms with Gasteiger partial charge in [0.05, 0.1) is 11.4 Å². The van der Waals surface area contributed by atoms with Gasteiger partial charge in [-0.2, -0.15) is 0 Å².